The molecule has 0 saturated heterocycles. The molecule has 0 amide bonds. The molecule has 174 valence electrons. The van der Waals surface area contributed by atoms with Crippen LogP contribution in [0.4, 0.5) is 4.39 Å². The van der Waals surface area contributed by atoms with Gasteiger partial charge in [0, 0.05) is 6.04 Å². The summed E-state index contributed by atoms with van der Waals surface area (Å²) in [5.41, 5.74) is 2.27. The predicted octanol–water partition coefficient (Wildman–Crippen LogP) is 8.34. The van der Waals surface area contributed by atoms with E-state index in [0.29, 0.717) is 11.8 Å². The molecule has 3 saturated carbocycles. The van der Waals surface area contributed by atoms with E-state index >= 15 is 4.39 Å². The van der Waals surface area contributed by atoms with Gasteiger partial charge in [-0.2, -0.15) is 0 Å². The first-order valence-corrected chi connectivity index (χ1v) is 13.7. The van der Waals surface area contributed by atoms with Crippen molar-refractivity contribution in [2.24, 2.45) is 17.8 Å². The summed E-state index contributed by atoms with van der Waals surface area (Å²) in [6.45, 7) is 5.74. The Labute approximate surface area is 191 Å². The lowest BCUT2D eigenvalue weighted by atomic mass is 9.69. The van der Waals surface area contributed by atoms with Crippen molar-refractivity contribution >= 4 is 0 Å². The molecule has 31 heavy (non-hydrogen) atoms. The Balaban J connectivity index is 1.26. The van der Waals surface area contributed by atoms with Gasteiger partial charge in [0.2, 0.25) is 0 Å². The Bertz CT molecular complexity index is 661. The molecule has 3 aliphatic rings. The molecular formula is C29H46FN. The summed E-state index contributed by atoms with van der Waals surface area (Å²) in [6.07, 6.45) is 18.2. The molecule has 2 heteroatoms. The molecule has 1 aromatic carbocycles. The molecule has 1 N–H and O–H groups in total. The van der Waals surface area contributed by atoms with Crippen molar-refractivity contribution in [3.8, 4) is 0 Å². The maximum Gasteiger partial charge on any atom is 0.126 e. The first-order chi connectivity index (χ1) is 15.2. The zero-order valence-corrected chi connectivity index (χ0v) is 20.2. The van der Waals surface area contributed by atoms with E-state index in [0.717, 1.165) is 29.4 Å². The van der Waals surface area contributed by atoms with Gasteiger partial charge >= 0.3 is 0 Å². The standard InChI is InChI=1S/C29H46FN/c1-3-19-31-27-16-13-23(14-17-27)22-9-11-25(12-10-22)28-18-15-26(20-29(28)30)24-7-5-21(4-2)6-8-24/h15,18,20-25,27,31H,3-14,16-17,19H2,1-2H3. The molecule has 0 spiro atoms. The minimum atomic E-state index is 0.0843. The highest BCUT2D eigenvalue weighted by Gasteiger charge is 2.32. The fourth-order valence-corrected chi connectivity index (χ4v) is 7.08. The lowest BCUT2D eigenvalue weighted by Crippen LogP contribution is -2.35. The highest BCUT2D eigenvalue weighted by molar-refractivity contribution is 5.30. The van der Waals surface area contributed by atoms with Gasteiger partial charge in [-0.25, -0.2) is 4.39 Å². The second-order valence-corrected chi connectivity index (χ2v) is 11.1. The van der Waals surface area contributed by atoms with E-state index in [-0.39, 0.29) is 5.82 Å². The maximum atomic E-state index is 15.1. The summed E-state index contributed by atoms with van der Waals surface area (Å²) in [4.78, 5) is 0. The molecule has 1 nitrogen and oxygen atoms in total. The van der Waals surface area contributed by atoms with Crippen molar-refractivity contribution in [2.45, 2.75) is 122 Å². The Morgan fingerprint density at radius 2 is 1.39 bits per heavy atom. The molecule has 0 aliphatic heterocycles. The first kappa shape index (κ1) is 23.3. The molecule has 0 bridgehead atoms. The van der Waals surface area contributed by atoms with Crippen LogP contribution in [-0.2, 0) is 0 Å². The highest BCUT2D eigenvalue weighted by atomic mass is 19.1. The van der Waals surface area contributed by atoms with Crippen LogP contribution in [0.3, 0.4) is 0 Å². The fourth-order valence-electron chi connectivity index (χ4n) is 7.08. The van der Waals surface area contributed by atoms with Gasteiger partial charge in [0.05, 0.1) is 0 Å². The molecule has 0 heterocycles. The SMILES string of the molecule is CCCNC1CCC(C2CCC(c3ccc(C4CCC(CC)CC4)cc3F)CC2)CC1. The highest BCUT2D eigenvalue weighted by Crippen LogP contribution is 2.44. The third-order valence-electron chi connectivity index (χ3n) is 9.25. The molecule has 3 fully saturated rings. The van der Waals surface area contributed by atoms with Crippen LogP contribution in [0.2, 0.25) is 0 Å². The molecule has 3 aliphatic carbocycles. The third-order valence-corrected chi connectivity index (χ3v) is 9.25. The lowest BCUT2D eigenvalue weighted by molar-refractivity contribution is 0.168. The van der Waals surface area contributed by atoms with Crippen LogP contribution in [0, 0.1) is 23.6 Å². The average molecular weight is 428 g/mol. The summed E-state index contributed by atoms with van der Waals surface area (Å²) in [5.74, 6) is 3.83. The first-order valence-electron chi connectivity index (χ1n) is 13.7. The van der Waals surface area contributed by atoms with Gasteiger partial charge in [0.1, 0.15) is 5.82 Å². The Kier molecular flexibility index (Phi) is 8.49. The van der Waals surface area contributed by atoms with Crippen LogP contribution >= 0.6 is 0 Å². The zero-order chi connectivity index (χ0) is 21.6. The van der Waals surface area contributed by atoms with Gasteiger partial charge in [-0.3, -0.25) is 0 Å². The van der Waals surface area contributed by atoms with E-state index < -0.39 is 0 Å². The molecule has 0 unspecified atom stereocenters. The van der Waals surface area contributed by atoms with Crippen molar-refractivity contribution in [1.82, 2.24) is 5.32 Å². The van der Waals surface area contributed by atoms with Crippen LogP contribution in [-0.4, -0.2) is 12.6 Å². The molecule has 0 atom stereocenters. The van der Waals surface area contributed by atoms with Crippen LogP contribution in [0.15, 0.2) is 18.2 Å². The van der Waals surface area contributed by atoms with Crippen molar-refractivity contribution in [2.75, 3.05) is 6.54 Å². The van der Waals surface area contributed by atoms with E-state index in [1.807, 2.05) is 6.07 Å². The Hall–Kier alpha value is -0.890. The second-order valence-electron chi connectivity index (χ2n) is 11.1. The molecule has 4 rings (SSSR count). The number of hydrogen-bond donors (Lipinski definition) is 1. The quantitative estimate of drug-likeness (QED) is 0.461. The molecule has 0 aromatic heterocycles. The van der Waals surface area contributed by atoms with Crippen LogP contribution in [0.1, 0.15) is 127 Å². The van der Waals surface area contributed by atoms with Gasteiger partial charge in [0.15, 0.2) is 0 Å². The smallest absolute Gasteiger partial charge is 0.126 e. The lowest BCUT2D eigenvalue weighted by Gasteiger charge is -2.38. The number of rotatable bonds is 7. The van der Waals surface area contributed by atoms with Crippen molar-refractivity contribution in [1.29, 1.82) is 0 Å². The zero-order valence-electron chi connectivity index (χ0n) is 20.2. The molecule has 0 radical (unpaired) electrons. The van der Waals surface area contributed by atoms with E-state index in [9.17, 15) is 0 Å². The van der Waals surface area contributed by atoms with Gasteiger partial charge in [-0.15, -0.1) is 0 Å². The normalized spacial score (nSPS) is 34.5. The number of nitrogens with one attached hydrogen (secondary N) is 1. The number of halogens is 1. The van der Waals surface area contributed by atoms with Crippen molar-refractivity contribution < 1.29 is 4.39 Å². The summed E-state index contributed by atoms with van der Waals surface area (Å²) in [7, 11) is 0. The second kappa shape index (κ2) is 11.3. The minimum absolute atomic E-state index is 0.0843. The van der Waals surface area contributed by atoms with Crippen molar-refractivity contribution in [3.05, 3.63) is 35.1 Å². The summed E-state index contributed by atoms with van der Waals surface area (Å²) >= 11 is 0. The average Bonchev–Trinajstić information content (AvgIpc) is 2.83. The van der Waals surface area contributed by atoms with Gasteiger partial charge < -0.3 is 5.32 Å². The summed E-state index contributed by atoms with van der Waals surface area (Å²) in [6, 6.07) is 7.10. The number of benzene rings is 1. The minimum Gasteiger partial charge on any atom is -0.314 e. The van der Waals surface area contributed by atoms with Gasteiger partial charge in [0.25, 0.3) is 0 Å². The Morgan fingerprint density at radius 1 is 0.774 bits per heavy atom. The molecular weight excluding hydrogens is 381 g/mol. The molecule has 1 aromatic rings. The van der Waals surface area contributed by atoms with Crippen LogP contribution in [0.5, 0.6) is 0 Å². The largest absolute Gasteiger partial charge is 0.314 e. The summed E-state index contributed by atoms with van der Waals surface area (Å²) in [5, 5.41) is 3.72. The predicted molar refractivity (Wildman–Crippen MR) is 130 cm³/mol. The monoisotopic (exact) mass is 427 g/mol. The fraction of sp³-hybridized carbons (Fsp3) is 0.793. The van der Waals surface area contributed by atoms with E-state index in [2.05, 4.69) is 31.3 Å². The Morgan fingerprint density at radius 3 is 1.97 bits per heavy atom. The van der Waals surface area contributed by atoms with Crippen molar-refractivity contribution in [3.63, 3.8) is 0 Å². The maximum absolute atomic E-state index is 15.1. The van der Waals surface area contributed by atoms with Crippen LogP contribution in [0.25, 0.3) is 0 Å². The van der Waals surface area contributed by atoms with E-state index in [4.69, 9.17) is 0 Å². The van der Waals surface area contributed by atoms with E-state index in [1.54, 1.807) is 0 Å². The van der Waals surface area contributed by atoms with Crippen LogP contribution < -0.4 is 5.32 Å². The van der Waals surface area contributed by atoms with Gasteiger partial charge in [-0.1, -0.05) is 32.4 Å². The van der Waals surface area contributed by atoms with E-state index in [1.165, 1.54) is 102 Å². The summed E-state index contributed by atoms with van der Waals surface area (Å²) < 4.78 is 15.1. The topological polar surface area (TPSA) is 12.0 Å². The third kappa shape index (κ3) is 5.92. The number of hydrogen-bond acceptors (Lipinski definition) is 1. The van der Waals surface area contributed by atoms with Gasteiger partial charge in [-0.05, 0) is 137 Å².